The highest BCUT2D eigenvalue weighted by atomic mass is 79.9. The van der Waals surface area contributed by atoms with Crippen LogP contribution in [0.2, 0.25) is 0 Å². The Bertz CT molecular complexity index is 605. The molecule has 1 heterocycles. The van der Waals surface area contributed by atoms with E-state index in [0.717, 1.165) is 23.1 Å². The van der Waals surface area contributed by atoms with Gasteiger partial charge in [-0.15, -0.1) is 0 Å². The highest BCUT2D eigenvalue weighted by Gasteiger charge is 2.26. The van der Waals surface area contributed by atoms with Gasteiger partial charge in [-0.3, -0.25) is 0 Å². The van der Waals surface area contributed by atoms with E-state index in [1.165, 1.54) is 11.3 Å². The Kier molecular flexibility index (Phi) is 6.74. The largest absolute Gasteiger partial charge is 0.444 e. The highest BCUT2D eigenvalue weighted by Crippen LogP contribution is 2.30. The van der Waals surface area contributed by atoms with Crippen molar-refractivity contribution in [2.45, 2.75) is 46.8 Å². The van der Waals surface area contributed by atoms with Crippen LogP contribution in [0, 0.1) is 6.92 Å². The first kappa shape index (κ1) is 20.0. The Morgan fingerprint density at radius 3 is 2.40 bits per heavy atom. The number of ether oxygens (including phenoxy) is 2. The number of carbonyl (C=O) groups is 1. The molecule has 1 amide bonds. The first-order chi connectivity index (χ1) is 11.7. The maximum atomic E-state index is 12.2. The average molecular weight is 413 g/mol. The molecule has 140 valence electrons. The smallest absolute Gasteiger partial charge is 0.410 e. The molecule has 0 atom stereocenters. The van der Waals surface area contributed by atoms with Crippen LogP contribution in [0.25, 0.3) is 0 Å². The molecule has 0 unspecified atom stereocenters. The zero-order valence-electron chi connectivity index (χ0n) is 15.9. The predicted molar refractivity (Wildman–Crippen MR) is 104 cm³/mol. The van der Waals surface area contributed by atoms with Crippen LogP contribution in [0.1, 0.15) is 38.8 Å². The summed E-state index contributed by atoms with van der Waals surface area (Å²) in [4.78, 5) is 16.3. The maximum Gasteiger partial charge on any atom is 0.410 e. The molecule has 0 radical (unpaired) electrons. The standard InChI is InChI=1S/C19H29BrN2O3/c1-6-24-13-15-11-16(20)14(2)17(12-15)21-7-9-22(10-8-21)18(23)25-19(3,4)5/h11-12H,6-10,13H2,1-5H3. The summed E-state index contributed by atoms with van der Waals surface area (Å²) in [5.41, 5.74) is 3.12. The van der Waals surface area contributed by atoms with Gasteiger partial charge in [0, 0.05) is 42.9 Å². The fourth-order valence-electron chi connectivity index (χ4n) is 2.81. The molecule has 1 fully saturated rings. The van der Waals surface area contributed by atoms with Gasteiger partial charge < -0.3 is 19.3 Å². The Morgan fingerprint density at radius 1 is 1.20 bits per heavy atom. The van der Waals surface area contributed by atoms with E-state index < -0.39 is 5.60 Å². The number of hydrogen-bond donors (Lipinski definition) is 0. The van der Waals surface area contributed by atoms with Crippen molar-refractivity contribution in [1.82, 2.24) is 4.90 Å². The lowest BCUT2D eigenvalue weighted by Gasteiger charge is -2.37. The van der Waals surface area contributed by atoms with E-state index in [0.29, 0.717) is 26.3 Å². The molecule has 6 heteroatoms. The lowest BCUT2D eigenvalue weighted by Crippen LogP contribution is -2.50. The van der Waals surface area contributed by atoms with Gasteiger partial charge in [-0.2, -0.15) is 0 Å². The molecular weight excluding hydrogens is 384 g/mol. The second-order valence-electron chi connectivity index (χ2n) is 7.31. The number of halogens is 1. The molecule has 2 rings (SSSR count). The Labute approximate surface area is 159 Å². The van der Waals surface area contributed by atoms with Crippen LogP contribution in [-0.2, 0) is 16.1 Å². The van der Waals surface area contributed by atoms with Crippen molar-refractivity contribution in [2.75, 3.05) is 37.7 Å². The molecule has 0 spiro atoms. The summed E-state index contributed by atoms with van der Waals surface area (Å²) in [6.07, 6.45) is -0.227. The number of nitrogens with zero attached hydrogens (tertiary/aromatic N) is 2. The zero-order chi connectivity index (χ0) is 18.6. The van der Waals surface area contributed by atoms with E-state index in [1.54, 1.807) is 4.90 Å². The van der Waals surface area contributed by atoms with Gasteiger partial charge in [-0.05, 0) is 57.9 Å². The lowest BCUT2D eigenvalue weighted by molar-refractivity contribution is 0.0240. The fourth-order valence-corrected chi connectivity index (χ4v) is 3.30. The Balaban J connectivity index is 2.05. The molecule has 1 aromatic rings. The molecule has 0 saturated carbocycles. The summed E-state index contributed by atoms with van der Waals surface area (Å²) in [6.45, 7) is 14.0. The van der Waals surface area contributed by atoms with Gasteiger partial charge in [0.25, 0.3) is 0 Å². The van der Waals surface area contributed by atoms with Gasteiger partial charge in [0.2, 0.25) is 0 Å². The molecule has 1 aromatic carbocycles. The van der Waals surface area contributed by atoms with Crippen molar-refractivity contribution in [3.8, 4) is 0 Å². The normalized spacial score (nSPS) is 15.4. The summed E-state index contributed by atoms with van der Waals surface area (Å²) in [5.74, 6) is 0. The van der Waals surface area contributed by atoms with E-state index in [-0.39, 0.29) is 6.09 Å². The minimum absolute atomic E-state index is 0.227. The first-order valence-electron chi connectivity index (χ1n) is 8.81. The molecule has 1 aliphatic heterocycles. The topological polar surface area (TPSA) is 42.0 Å². The van der Waals surface area contributed by atoms with Gasteiger partial charge in [0.05, 0.1) is 6.61 Å². The molecular formula is C19H29BrN2O3. The number of benzene rings is 1. The highest BCUT2D eigenvalue weighted by molar-refractivity contribution is 9.10. The van der Waals surface area contributed by atoms with E-state index >= 15 is 0 Å². The lowest BCUT2D eigenvalue weighted by atomic mass is 10.1. The second kappa shape index (κ2) is 8.41. The van der Waals surface area contributed by atoms with Crippen LogP contribution < -0.4 is 4.90 Å². The van der Waals surface area contributed by atoms with E-state index in [9.17, 15) is 4.79 Å². The van der Waals surface area contributed by atoms with Crippen LogP contribution in [-0.4, -0.2) is 49.4 Å². The SMILES string of the molecule is CCOCc1cc(Br)c(C)c(N2CCN(C(=O)OC(C)(C)C)CC2)c1. The molecule has 0 aromatic heterocycles. The van der Waals surface area contributed by atoms with Crippen molar-refractivity contribution >= 4 is 27.7 Å². The van der Waals surface area contributed by atoms with Crippen LogP contribution in [0.4, 0.5) is 10.5 Å². The van der Waals surface area contributed by atoms with Gasteiger partial charge >= 0.3 is 6.09 Å². The van der Waals surface area contributed by atoms with Crippen molar-refractivity contribution in [3.05, 3.63) is 27.7 Å². The van der Waals surface area contributed by atoms with Crippen LogP contribution in [0.3, 0.4) is 0 Å². The van der Waals surface area contributed by atoms with Crippen molar-refractivity contribution < 1.29 is 14.3 Å². The number of carbonyl (C=O) groups excluding carboxylic acids is 1. The third-order valence-electron chi connectivity index (χ3n) is 4.12. The minimum atomic E-state index is -0.455. The number of rotatable bonds is 4. The second-order valence-corrected chi connectivity index (χ2v) is 8.17. The summed E-state index contributed by atoms with van der Waals surface area (Å²) in [5, 5.41) is 0. The van der Waals surface area contributed by atoms with Gasteiger partial charge in [0.15, 0.2) is 0 Å². The van der Waals surface area contributed by atoms with Crippen LogP contribution >= 0.6 is 15.9 Å². The molecule has 0 bridgehead atoms. The third kappa shape index (κ3) is 5.61. The van der Waals surface area contributed by atoms with E-state index in [2.05, 4.69) is 39.9 Å². The van der Waals surface area contributed by atoms with Crippen molar-refractivity contribution in [3.63, 3.8) is 0 Å². The molecule has 5 nitrogen and oxygen atoms in total. The molecule has 0 N–H and O–H groups in total. The average Bonchev–Trinajstić information content (AvgIpc) is 2.54. The Morgan fingerprint density at radius 2 is 1.84 bits per heavy atom. The molecule has 1 saturated heterocycles. The van der Waals surface area contributed by atoms with Gasteiger partial charge in [-0.25, -0.2) is 4.79 Å². The maximum absolute atomic E-state index is 12.2. The van der Waals surface area contributed by atoms with Crippen LogP contribution in [0.15, 0.2) is 16.6 Å². The summed E-state index contributed by atoms with van der Waals surface area (Å²) < 4.78 is 12.1. The van der Waals surface area contributed by atoms with Crippen molar-refractivity contribution in [1.29, 1.82) is 0 Å². The number of anilines is 1. The fraction of sp³-hybridized carbons (Fsp3) is 0.632. The van der Waals surface area contributed by atoms with Crippen LogP contribution in [0.5, 0.6) is 0 Å². The zero-order valence-corrected chi connectivity index (χ0v) is 17.5. The van der Waals surface area contributed by atoms with Crippen molar-refractivity contribution in [2.24, 2.45) is 0 Å². The van der Waals surface area contributed by atoms with Gasteiger partial charge in [0.1, 0.15) is 5.60 Å². The molecule has 25 heavy (non-hydrogen) atoms. The Hall–Kier alpha value is -1.27. The van der Waals surface area contributed by atoms with E-state index in [4.69, 9.17) is 9.47 Å². The third-order valence-corrected chi connectivity index (χ3v) is 4.95. The summed E-state index contributed by atoms with van der Waals surface area (Å²) in [7, 11) is 0. The number of amides is 1. The monoisotopic (exact) mass is 412 g/mol. The van der Waals surface area contributed by atoms with Gasteiger partial charge in [-0.1, -0.05) is 15.9 Å². The molecule has 0 aliphatic carbocycles. The number of piperazine rings is 1. The summed E-state index contributed by atoms with van der Waals surface area (Å²) >= 11 is 3.66. The quantitative estimate of drug-likeness (QED) is 0.736. The molecule has 1 aliphatic rings. The predicted octanol–water partition coefficient (Wildman–Crippen LogP) is 4.35. The number of hydrogen-bond acceptors (Lipinski definition) is 4. The minimum Gasteiger partial charge on any atom is -0.444 e. The summed E-state index contributed by atoms with van der Waals surface area (Å²) in [6, 6.07) is 4.31. The first-order valence-corrected chi connectivity index (χ1v) is 9.60. The van der Waals surface area contributed by atoms with E-state index in [1.807, 2.05) is 27.7 Å².